The summed E-state index contributed by atoms with van der Waals surface area (Å²) in [7, 11) is 1.59. The average molecular weight is 313 g/mol. The topological polar surface area (TPSA) is 80.3 Å². The zero-order valence-corrected chi connectivity index (χ0v) is 13.3. The minimum Gasteiger partial charge on any atom is -0.497 e. The van der Waals surface area contributed by atoms with Gasteiger partial charge in [-0.05, 0) is 43.2 Å². The van der Waals surface area contributed by atoms with Crippen LogP contribution in [0, 0.1) is 6.92 Å². The monoisotopic (exact) mass is 313 g/mol. The summed E-state index contributed by atoms with van der Waals surface area (Å²) >= 11 is 0. The molecule has 1 unspecified atom stereocenters. The van der Waals surface area contributed by atoms with Gasteiger partial charge in [0.15, 0.2) is 0 Å². The van der Waals surface area contributed by atoms with Crippen LogP contribution in [0.4, 0.5) is 5.82 Å². The maximum Gasteiger partial charge on any atom is 0.314 e. The number of nitrogens with one attached hydrogen (secondary N) is 2. The third-order valence-electron chi connectivity index (χ3n) is 3.41. The predicted octanol–water partition coefficient (Wildman–Crippen LogP) is 2.21. The molecule has 0 aliphatic carbocycles. The van der Waals surface area contributed by atoms with Gasteiger partial charge in [-0.2, -0.15) is 0 Å². The second-order valence-corrected chi connectivity index (χ2v) is 5.09. The van der Waals surface area contributed by atoms with E-state index in [1.807, 2.05) is 12.1 Å². The third-order valence-corrected chi connectivity index (χ3v) is 3.41. The Balaban J connectivity index is 1.97. The van der Waals surface area contributed by atoms with E-state index in [1.165, 1.54) is 0 Å². The molecule has 6 nitrogen and oxygen atoms in total. The summed E-state index contributed by atoms with van der Waals surface area (Å²) in [6.45, 7) is 3.61. The number of hydrogen-bond acceptors (Lipinski definition) is 4. The number of anilines is 1. The lowest BCUT2D eigenvalue weighted by molar-refractivity contribution is -0.136. The van der Waals surface area contributed by atoms with Crippen LogP contribution in [0.5, 0.6) is 5.75 Å². The standard InChI is InChI=1S/C17H19N3O3/c1-11-5-4-10-18-15(11)20-17(22)16(21)19-12(2)13-6-8-14(23-3)9-7-13/h4-10,12H,1-3H3,(H,19,21)(H,18,20,22). The van der Waals surface area contributed by atoms with Crippen molar-refractivity contribution in [1.29, 1.82) is 0 Å². The van der Waals surface area contributed by atoms with Crippen LogP contribution in [-0.2, 0) is 9.59 Å². The lowest BCUT2D eigenvalue weighted by Gasteiger charge is -2.14. The van der Waals surface area contributed by atoms with E-state index < -0.39 is 11.8 Å². The maximum atomic E-state index is 12.0. The second-order valence-electron chi connectivity index (χ2n) is 5.09. The minimum absolute atomic E-state index is 0.302. The van der Waals surface area contributed by atoms with Gasteiger partial charge in [-0.1, -0.05) is 18.2 Å². The first-order chi connectivity index (χ1) is 11.0. The molecule has 0 fully saturated rings. The number of methoxy groups -OCH3 is 1. The van der Waals surface area contributed by atoms with Gasteiger partial charge >= 0.3 is 11.8 Å². The largest absolute Gasteiger partial charge is 0.497 e. The molecule has 0 bridgehead atoms. The Morgan fingerprint density at radius 2 is 1.83 bits per heavy atom. The predicted molar refractivity (Wildman–Crippen MR) is 87.2 cm³/mol. The van der Waals surface area contributed by atoms with Gasteiger partial charge in [0.25, 0.3) is 0 Å². The van der Waals surface area contributed by atoms with Crippen molar-refractivity contribution in [2.45, 2.75) is 19.9 Å². The van der Waals surface area contributed by atoms with E-state index in [0.717, 1.165) is 16.9 Å². The van der Waals surface area contributed by atoms with Crippen molar-refractivity contribution in [3.8, 4) is 5.75 Å². The van der Waals surface area contributed by atoms with E-state index in [0.29, 0.717) is 5.82 Å². The molecule has 0 radical (unpaired) electrons. The normalized spacial score (nSPS) is 11.4. The quantitative estimate of drug-likeness (QED) is 0.848. The SMILES string of the molecule is COc1ccc(C(C)NC(=O)C(=O)Nc2ncccc2C)cc1. The van der Waals surface area contributed by atoms with Gasteiger partial charge in [0.1, 0.15) is 11.6 Å². The number of benzene rings is 1. The Hall–Kier alpha value is -2.89. The summed E-state index contributed by atoms with van der Waals surface area (Å²) in [6.07, 6.45) is 1.56. The van der Waals surface area contributed by atoms with Crippen LogP contribution >= 0.6 is 0 Å². The summed E-state index contributed by atoms with van der Waals surface area (Å²) < 4.78 is 5.09. The first kappa shape index (κ1) is 16.5. The fraction of sp³-hybridized carbons (Fsp3) is 0.235. The van der Waals surface area contributed by atoms with Crippen LogP contribution in [0.25, 0.3) is 0 Å². The van der Waals surface area contributed by atoms with E-state index in [1.54, 1.807) is 51.4 Å². The van der Waals surface area contributed by atoms with Gasteiger partial charge in [-0.3, -0.25) is 9.59 Å². The number of hydrogen-bond donors (Lipinski definition) is 2. The molecule has 1 aromatic carbocycles. The van der Waals surface area contributed by atoms with E-state index in [9.17, 15) is 9.59 Å². The minimum atomic E-state index is -0.743. The van der Waals surface area contributed by atoms with E-state index in [4.69, 9.17) is 4.74 Å². The number of ether oxygens (including phenoxy) is 1. The van der Waals surface area contributed by atoms with Crippen molar-refractivity contribution in [2.24, 2.45) is 0 Å². The fourth-order valence-electron chi connectivity index (χ4n) is 2.02. The zero-order chi connectivity index (χ0) is 16.8. The summed E-state index contributed by atoms with van der Waals surface area (Å²) in [6, 6.07) is 10.5. The fourth-order valence-corrected chi connectivity index (χ4v) is 2.02. The average Bonchev–Trinajstić information content (AvgIpc) is 2.56. The molecule has 2 rings (SSSR count). The molecule has 0 aliphatic rings. The van der Waals surface area contributed by atoms with Crippen molar-refractivity contribution in [1.82, 2.24) is 10.3 Å². The van der Waals surface area contributed by atoms with Crippen LogP contribution in [0.1, 0.15) is 24.1 Å². The van der Waals surface area contributed by atoms with E-state index in [-0.39, 0.29) is 6.04 Å². The van der Waals surface area contributed by atoms with Crippen LogP contribution in [0.15, 0.2) is 42.6 Å². The number of nitrogens with zero attached hydrogens (tertiary/aromatic N) is 1. The van der Waals surface area contributed by atoms with E-state index in [2.05, 4.69) is 15.6 Å². The molecule has 2 aromatic rings. The Kier molecular flexibility index (Phi) is 5.30. The van der Waals surface area contributed by atoms with Crippen molar-refractivity contribution in [3.63, 3.8) is 0 Å². The number of rotatable bonds is 4. The molecule has 0 saturated carbocycles. The molecule has 0 spiro atoms. The Morgan fingerprint density at radius 1 is 1.13 bits per heavy atom. The first-order valence-electron chi connectivity index (χ1n) is 7.18. The van der Waals surface area contributed by atoms with Crippen LogP contribution < -0.4 is 15.4 Å². The highest BCUT2D eigenvalue weighted by Crippen LogP contribution is 2.17. The Morgan fingerprint density at radius 3 is 2.43 bits per heavy atom. The van der Waals surface area contributed by atoms with Crippen LogP contribution in [0.2, 0.25) is 0 Å². The summed E-state index contributed by atoms with van der Waals surface area (Å²) in [5.41, 5.74) is 1.66. The first-order valence-corrected chi connectivity index (χ1v) is 7.18. The van der Waals surface area contributed by atoms with Crippen molar-refractivity contribution in [2.75, 3.05) is 12.4 Å². The number of carbonyl (C=O) groups excluding carboxylic acids is 2. The van der Waals surface area contributed by atoms with Crippen molar-refractivity contribution < 1.29 is 14.3 Å². The number of carbonyl (C=O) groups is 2. The van der Waals surface area contributed by atoms with Gasteiger partial charge in [-0.25, -0.2) is 4.98 Å². The second kappa shape index (κ2) is 7.40. The Labute approximate surface area is 134 Å². The molecule has 1 aromatic heterocycles. The molecule has 1 heterocycles. The van der Waals surface area contributed by atoms with Crippen molar-refractivity contribution in [3.05, 3.63) is 53.7 Å². The lowest BCUT2D eigenvalue weighted by Crippen LogP contribution is -2.37. The molecule has 0 aliphatic heterocycles. The third kappa shape index (κ3) is 4.29. The molecule has 1 atom stereocenters. The van der Waals surface area contributed by atoms with Crippen LogP contribution in [0.3, 0.4) is 0 Å². The molecular formula is C17H19N3O3. The van der Waals surface area contributed by atoms with E-state index >= 15 is 0 Å². The number of aryl methyl sites for hydroxylation is 1. The molecule has 2 N–H and O–H groups in total. The maximum absolute atomic E-state index is 12.0. The van der Waals surface area contributed by atoms with Gasteiger partial charge in [0.05, 0.1) is 13.2 Å². The molecule has 120 valence electrons. The zero-order valence-electron chi connectivity index (χ0n) is 13.3. The lowest BCUT2D eigenvalue weighted by atomic mass is 10.1. The summed E-state index contributed by atoms with van der Waals surface area (Å²) in [5.74, 6) is -0.342. The van der Waals surface area contributed by atoms with Gasteiger partial charge in [-0.15, -0.1) is 0 Å². The summed E-state index contributed by atoms with van der Waals surface area (Å²) in [5, 5.41) is 5.16. The van der Waals surface area contributed by atoms with Crippen LogP contribution in [-0.4, -0.2) is 23.9 Å². The highest BCUT2D eigenvalue weighted by molar-refractivity contribution is 6.39. The summed E-state index contributed by atoms with van der Waals surface area (Å²) in [4.78, 5) is 28.0. The molecule has 23 heavy (non-hydrogen) atoms. The highest BCUT2D eigenvalue weighted by atomic mass is 16.5. The smallest absolute Gasteiger partial charge is 0.314 e. The molecule has 0 saturated heterocycles. The number of pyridine rings is 1. The van der Waals surface area contributed by atoms with Gasteiger partial charge in [0.2, 0.25) is 0 Å². The van der Waals surface area contributed by atoms with Crippen molar-refractivity contribution >= 4 is 17.6 Å². The Bertz CT molecular complexity index is 698. The molecule has 2 amide bonds. The van der Waals surface area contributed by atoms with Gasteiger partial charge in [0, 0.05) is 6.20 Å². The molecular weight excluding hydrogens is 294 g/mol. The number of aromatic nitrogens is 1. The molecule has 6 heteroatoms. The highest BCUT2D eigenvalue weighted by Gasteiger charge is 2.18. The number of amides is 2. The van der Waals surface area contributed by atoms with Gasteiger partial charge < -0.3 is 15.4 Å².